The fourth-order valence-electron chi connectivity index (χ4n) is 2.01. The lowest BCUT2D eigenvalue weighted by atomic mass is 10.0. The largest absolute Gasteiger partial charge is 0.233 e. The molecule has 0 atom stereocenters. The van der Waals surface area contributed by atoms with Crippen LogP contribution in [0.5, 0.6) is 0 Å². The Labute approximate surface area is 123 Å². The second-order valence-electron chi connectivity index (χ2n) is 4.11. The smallest absolute Gasteiger partial charge is 0.149 e. The maximum Gasteiger partial charge on any atom is 0.149 e. The highest BCUT2D eigenvalue weighted by Crippen LogP contribution is 2.34. The summed E-state index contributed by atoms with van der Waals surface area (Å²) >= 11 is 11.8. The minimum absolute atomic E-state index is 0.0204. The number of hydrogen-bond donors (Lipinski definition) is 0. The Morgan fingerprint density at radius 3 is 2.40 bits per heavy atom. The molecule has 2 aromatic carbocycles. The molecule has 0 amide bonds. The fourth-order valence-corrected chi connectivity index (χ4v) is 2.42. The maximum atomic E-state index is 13.8. The molecular formula is C14H6Cl2F2N2. The summed E-state index contributed by atoms with van der Waals surface area (Å²) in [6.07, 6.45) is 1.19. The first-order valence-electron chi connectivity index (χ1n) is 5.62. The molecule has 3 aromatic rings. The number of halogens is 4. The lowest BCUT2D eigenvalue weighted by Gasteiger charge is -2.08. The second-order valence-corrected chi connectivity index (χ2v) is 4.88. The van der Waals surface area contributed by atoms with E-state index in [1.165, 1.54) is 36.7 Å². The van der Waals surface area contributed by atoms with E-state index in [0.29, 0.717) is 16.5 Å². The van der Waals surface area contributed by atoms with E-state index in [1.807, 2.05) is 0 Å². The van der Waals surface area contributed by atoms with Crippen LogP contribution in [-0.2, 0) is 0 Å². The first-order chi connectivity index (χ1) is 9.58. The molecular weight excluding hydrogens is 305 g/mol. The number of hydrogen-bond acceptors (Lipinski definition) is 2. The van der Waals surface area contributed by atoms with Crippen molar-refractivity contribution in [2.75, 3.05) is 0 Å². The van der Waals surface area contributed by atoms with Gasteiger partial charge in [0.25, 0.3) is 0 Å². The molecule has 0 unspecified atom stereocenters. The van der Waals surface area contributed by atoms with E-state index in [4.69, 9.17) is 23.2 Å². The van der Waals surface area contributed by atoms with Gasteiger partial charge in [-0.15, -0.1) is 0 Å². The van der Waals surface area contributed by atoms with Crippen molar-refractivity contribution in [1.29, 1.82) is 0 Å². The molecule has 0 aliphatic rings. The van der Waals surface area contributed by atoms with Gasteiger partial charge in [0.2, 0.25) is 0 Å². The fraction of sp³-hybridized carbons (Fsp3) is 0. The first kappa shape index (κ1) is 13.2. The van der Waals surface area contributed by atoms with Crippen molar-refractivity contribution in [3.8, 4) is 11.1 Å². The van der Waals surface area contributed by atoms with E-state index in [0.717, 1.165) is 0 Å². The van der Waals surface area contributed by atoms with Crippen LogP contribution in [0.3, 0.4) is 0 Å². The highest BCUT2D eigenvalue weighted by atomic mass is 35.5. The summed E-state index contributed by atoms with van der Waals surface area (Å²) in [6, 6.07) is 7.05. The van der Waals surface area contributed by atoms with Crippen molar-refractivity contribution in [3.05, 3.63) is 58.5 Å². The van der Waals surface area contributed by atoms with Crippen LogP contribution in [0.4, 0.5) is 8.78 Å². The lowest BCUT2D eigenvalue weighted by molar-refractivity contribution is 0.628. The van der Waals surface area contributed by atoms with E-state index in [-0.39, 0.29) is 15.7 Å². The van der Waals surface area contributed by atoms with Gasteiger partial charge in [0, 0.05) is 5.39 Å². The van der Waals surface area contributed by atoms with Gasteiger partial charge in [0.1, 0.15) is 28.6 Å². The van der Waals surface area contributed by atoms with Gasteiger partial charge < -0.3 is 0 Å². The Bertz CT molecular complexity index is 822. The van der Waals surface area contributed by atoms with Crippen molar-refractivity contribution in [3.63, 3.8) is 0 Å². The third kappa shape index (κ3) is 2.11. The van der Waals surface area contributed by atoms with Crippen LogP contribution in [0.25, 0.3) is 22.0 Å². The van der Waals surface area contributed by atoms with E-state index >= 15 is 0 Å². The molecule has 0 N–H and O–H groups in total. The number of aromatic nitrogens is 2. The summed E-state index contributed by atoms with van der Waals surface area (Å²) in [4.78, 5) is 7.75. The first-order valence-corrected chi connectivity index (χ1v) is 6.37. The van der Waals surface area contributed by atoms with Gasteiger partial charge in [0.15, 0.2) is 0 Å². The molecule has 0 saturated carbocycles. The average molecular weight is 311 g/mol. The monoisotopic (exact) mass is 310 g/mol. The quantitative estimate of drug-likeness (QED) is 0.598. The molecule has 1 heterocycles. The van der Waals surface area contributed by atoms with E-state index in [9.17, 15) is 8.78 Å². The summed E-state index contributed by atoms with van der Waals surface area (Å²) in [5.41, 5.74) is 1.31. The number of fused-ring (bicyclic) bond motifs is 1. The Morgan fingerprint density at radius 2 is 1.65 bits per heavy atom. The maximum absolute atomic E-state index is 13.8. The third-order valence-corrected chi connectivity index (χ3v) is 3.50. The molecule has 6 heteroatoms. The number of nitrogens with zero attached hydrogens (tertiary/aromatic N) is 2. The van der Waals surface area contributed by atoms with Gasteiger partial charge in [-0.2, -0.15) is 0 Å². The molecule has 1 aromatic heterocycles. The van der Waals surface area contributed by atoms with Gasteiger partial charge >= 0.3 is 0 Å². The second kappa shape index (κ2) is 4.96. The molecule has 2 nitrogen and oxygen atoms in total. The molecule has 0 spiro atoms. The molecule has 0 saturated heterocycles. The zero-order valence-corrected chi connectivity index (χ0v) is 11.4. The molecule has 0 bridgehead atoms. The van der Waals surface area contributed by atoms with Crippen molar-refractivity contribution in [2.45, 2.75) is 0 Å². The summed E-state index contributed by atoms with van der Waals surface area (Å²) in [5, 5.41) is 0.481. The topological polar surface area (TPSA) is 25.8 Å². The van der Waals surface area contributed by atoms with E-state index < -0.39 is 11.6 Å². The lowest BCUT2D eigenvalue weighted by Crippen LogP contribution is -1.91. The summed E-state index contributed by atoms with van der Waals surface area (Å²) < 4.78 is 27.0. The summed E-state index contributed by atoms with van der Waals surface area (Å²) in [5.74, 6) is -1.02. The normalized spacial score (nSPS) is 11.0. The summed E-state index contributed by atoms with van der Waals surface area (Å²) in [6.45, 7) is 0. The minimum atomic E-state index is -0.524. The van der Waals surface area contributed by atoms with Gasteiger partial charge in [-0.3, -0.25) is 0 Å². The summed E-state index contributed by atoms with van der Waals surface area (Å²) in [7, 11) is 0. The third-order valence-electron chi connectivity index (χ3n) is 2.92. The van der Waals surface area contributed by atoms with E-state index in [2.05, 4.69) is 9.97 Å². The molecule has 0 fully saturated rings. The standard InChI is InChI=1S/C14H6Cl2F2N2/c15-9-5-7(1-3-10(9)17)8-2-4-11(18)13-12(8)14(16)20-6-19-13/h1-6H. The minimum Gasteiger partial charge on any atom is -0.233 e. The molecule has 3 rings (SSSR count). The van der Waals surface area contributed by atoms with Crippen molar-refractivity contribution < 1.29 is 8.78 Å². The van der Waals surface area contributed by atoms with Gasteiger partial charge in [-0.1, -0.05) is 35.3 Å². The highest BCUT2D eigenvalue weighted by molar-refractivity contribution is 6.35. The zero-order chi connectivity index (χ0) is 14.3. The zero-order valence-electron chi connectivity index (χ0n) is 9.87. The molecule has 100 valence electrons. The van der Waals surface area contributed by atoms with Crippen molar-refractivity contribution in [2.24, 2.45) is 0 Å². The van der Waals surface area contributed by atoms with E-state index in [1.54, 1.807) is 0 Å². The van der Waals surface area contributed by atoms with Crippen LogP contribution in [0.1, 0.15) is 0 Å². The predicted molar refractivity (Wildman–Crippen MR) is 74.9 cm³/mol. The van der Waals surface area contributed by atoms with Crippen LogP contribution >= 0.6 is 23.2 Å². The molecule has 0 aliphatic carbocycles. The highest BCUT2D eigenvalue weighted by Gasteiger charge is 2.14. The SMILES string of the molecule is Fc1ccc(-c2ccc(F)c3ncnc(Cl)c23)cc1Cl. The van der Waals surface area contributed by atoms with Gasteiger partial charge in [-0.05, 0) is 29.3 Å². The van der Waals surface area contributed by atoms with Crippen molar-refractivity contribution >= 4 is 34.1 Å². The van der Waals surface area contributed by atoms with Gasteiger partial charge in [-0.25, -0.2) is 18.7 Å². The van der Waals surface area contributed by atoms with Crippen LogP contribution in [-0.4, -0.2) is 9.97 Å². The van der Waals surface area contributed by atoms with Crippen LogP contribution in [0.15, 0.2) is 36.7 Å². The van der Waals surface area contributed by atoms with Crippen LogP contribution in [0, 0.1) is 11.6 Å². The van der Waals surface area contributed by atoms with Crippen molar-refractivity contribution in [1.82, 2.24) is 9.97 Å². The number of rotatable bonds is 1. The van der Waals surface area contributed by atoms with Gasteiger partial charge in [0.05, 0.1) is 5.02 Å². The number of benzene rings is 2. The Morgan fingerprint density at radius 1 is 0.900 bits per heavy atom. The predicted octanol–water partition coefficient (Wildman–Crippen LogP) is 4.88. The molecule has 20 heavy (non-hydrogen) atoms. The Kier molecular flexibility index (Phi) is 3.28. The van der Waals surface area contributed by atoms with Crippen LogP contribution < -0.4 is 0 Å². The van der Waals surface area contributed by atoms with Crippen LogP contribution in [0.2, 0.25) is 10.2 Å². The average Bonchev–Trinajstić information content (AvgIpc) is 2.43. The molecule has 0 aliphatic heterocycles. The Balaban J connectivity index is 2.36. The Hall–Kier alpha value is -1.78. The molecule has 0 radical (unpaired) electrons.